The van der Waals surface area contributed by atoms with Crippen molar-refractivity contribution in [3.8, 4) is 0 Å². The van der Waals surface area contributed by atoms with E-state index in [2.05, 4.69) is 6.92 Å². The predicted molar refractivity (Wildman–Crippen MR) is 87.0 cm³/mol. The zero-order chi connectivity index (χ0) is 14.9. The van der Waals surface area contributed by atoms with E-state index in [9.17, 15) is 9.59 Å². The van der Waals surface area contributed by atoms with E-state index in [4.69, 9.17) is 0 Å². The first-order chi connectivity index (χ1) is 9.08. The number of hydrogen-bond donors (Lipinski definition) is 0. The third-order valence-electron chi connectivity index (χ3n) is 2.80. The van der Waals surface area contributed by atoms with Crippen molar-refractivity contribution in [3.63, 3.8) is 0 Å². The summed E-state index contributed by atoms with van der Waals surface area (Å²) in [5, 5.41) is 0. The van der Waals surface area contributed by atoms with E-state index in [-0.39, 0.29) is 5.78 Å². The van der Waals surface area contributed by atoms with Gasteiger partial charge in [0.2, 0.25) is 0 Å². The summed E-state index contributed by atoms with van der Waals surface area (Å²) in [5.74, 6) is 1.33. The molecule has 0 aliphatic heterocycles. The summed E-state index contributed by atoms with van der Waals surface area (Å²) in [6.45, 7) is 5.78. The Bertz CT molecular complexity index is 215. The molecule has 0 aromatic rings. The minimum absolute atomic E-state index is 0.252. The zero-order valence-corrected chi connectivity index (χ0v) is 14.1. The molecule has 0 unspecified atom stereocenters. The van der Waals surface area contributed by atoms with Gasteiger partial charge in [-0.05, 0) is 19.6 Å². The maximum Gasteiger partial charge on any atom is 0.139 e. The molecule has 0 aliphatic rings. The van der Waals surface area contributed by atoms with Gasteiger partial charge in [0.25, 0.3) is 0 Å². The van der Waals surface area contributed by atoms with Crippen molar-refractivity contribution in [1.82, 2.24) is 0 Å². The fraction of sp³-hybridized carbons (Fsp3) is 0.875. The van der Waals surface area contributed by atoms with Gasteiger partial charge in [0.05, 0.1) is 5.75 Å². The maximum absolute atomic E-state index is 10.9. The van der Waals surface area contributed by atoms with Crippen LogP contribution in [0, 0.1) is 0 Å². The number of carbonyl (C=O) groups is 2. The maximum atomic E-state index is 10.9. The highest BCUT2D eigenvalue weighted by Crippen LogP contribution is 2.08. The van der Waals surface area contributed by atoms with Crippen LogP contribution in [0.25, 0.3) is 0 Å². The van der Waals surface area contributed by atoms with Crippen LogP contribution in [0.4, 0.5) is 0 Å². The van der Waals surface area contributed by atoms with Crippen LogP contribution in [-0.4, -0.2) is 23.6 Å². The van der Waals surface area contributed by atoms with Crippen molar-refractivity contribution >= 4 is 23.3 Å². The van der Waals surface area contributed by atoms with Crippen molar-refractivity contribution in [2.24, 2.45) is 0 Å². The molecule has 114 valence electrons. The summed E-state index contributed by atoms with van der Waals surface area (Å²) in [6, 6.07) is 0. The Hall–Kier alpha value is -0.310. The van der Waals surface area contributed by atoms with Gasteiger partial charge in [-0.3, -0.25) is 9.59 Å². The topological polar surface area (TPSA) is 34.1 Å². The molecule has 0 radical (unpaired) electrons. The van der Waals surface area contributed by atoms with E-state index in [1.165, 1.54) is 38.5 Å². The summed E-state index contributed by atoms with van der Waals surface area (Å²) >= 11 is 1.56. The Morgan fingerprint density at radius 3 is 1.79 bits per heavy atom. The first kappa shape index (κ1) is 21.0. The zero-order valence-electron chi connectivity index (χ0n) is 13.3. The van der Waals surface area contributed by atoms with Crippen molar-refractivity contribution in [3.05, 3.63) is 0 Å². The highest BCUT2D eigenvalue weighted by molar-refractivity contribution is 7.99. The molecule has 0 aromatic carbocycles. The van der Waals surface area contributed by atoms with Crippen LogP contribution in [0.3, 0.4) is 0 Å². The lowest BCUT2D eigenvalue weighted by Gasteiger charge is -1.99. The number of carbonyl (C=O) groups excluding carboxylic acids is 2. The molecule has 0 atom stereocenters. The molecule has 0 spiro atoms. The lowest BCUT2D eigenvalue weighted by atomic mass is 10.1. The highest BCUT2D eigenvalue weighted by Gasteiger charge is 1.97. The molecule has 0 bridgehead atoms. The second kappa shape index (κ2) is 17.7. The SMILES string of the molecule is CCCCCCCCCC(=O)CC.CSCC(C)=O. The summed E-state index contributed by atoms with van der Waals surface area (Å²) in [7, 11) is 0. The molecule has 0 aliphatic carbocycles. The lowest BCUT2D eigenvalue weighted by molar-refractivity contribution is -0.119. The second-order valence-electron chi connectivity index (χ2n) is 4.90. The third-order valence-corrected chi connectivity index (χ3v) is 3.50. The Kier molecular flexibility index (Phi) is 19.5. The third kappa shape index (κ3) is 23.2. The molecule has 2 nitrogen and oxygen atoms in total. The monoisotopic (exact) mass is 288 g/mol. The van der Waals surface area contributed by atoms with Gasteiger partial charge < -0.3 is 0 Å². The summed E-state index contributed by atoms with van der Waals surface area (Å²) in [5.41, 5.74) is 0. The van der Waals surface area contributed by atoms with Gasteiger partial charge in [0.15, 0.2) is 0 Å². The van der Waals surface area contributed by atoms with Crippen LogP contribution in [0.2, 0.25) is 0 Å². The van der Waals surface area contributed by atoms with E-state index >= 15 is 0 Å². The molecular weight excluding hydrogens is 256 g/mol. The molecule has 0 heterocycles. The average Bonchev–Trinajstić information content (AvgIpc) is 2.38. The number of unbranched alkanes of at least 4 members (excludes halogenated alkanes) is 6. The fourth-order valence-corrected chi connectivity index (χ4v) is 2.07. The molecule has 0 rings (SSSR count). The largest absolute Gasteiger partial charge is 0.300 e. The second-order valence-corrected chi connectivity index (χ2v) is 5.76. The molecule has 0 saturated heterocycles. The van der Waals surface area contributed by atoms with Crippen molar-refractivity contribution in [2.45, 2.75) is 78.6 Å². The Morgan fingerprint density at radius 1 is 0.895 bits per heavy atom. The van der Waals surface area contributed by atoms with Crippen molar-refractivity contribution in [1.29, 1.82) is 0 Å². The molecule has 0 N–H and O–H groups in total. The van der Waals surface area contributed by atoms with E-state index in [1.807, 2.05) is 13.2 Å². The van der Waals surface area contributed by atoms with Crippen molar-refractivity contribution < 1.29 is 9.59 Å². The van der Waals surface area contributed by atoms with Crippen LogP contribution in [-0.2, 0) is 9.59 Å². The summed E-state index contributed by atoms with van der Waals surface area (Å²) in [4.78, 5) is 21.0. The normalized spacial score (nSPS) is 9.68. The molecule has 0 aromatic heterocycles. The molecule has 0 amide bonds. The first-order valence-corrected chi connectivity index (χ1v) is 8.97. The Labute approximate surface area is 124 Å². The Balaban J connectivity index is 0. The number of rotatable bonds is 11. The standard InChI is InChI=1S/C12H24O.C4H8OS/c1-3-5-6-7-8-9-10-11-12(13)4-2;1-4(5)3-6-2/h3-11H2,1-2H3;3H2,1-2H3. The van der Waals surface area contributed by atoms with E-state index in [0.717, 1.165) is 19.3 Å². The minimum atomic E-state index is 0.252. The molecule has 19 heavy (non-hydrogen) atoms. The molecule has 3 heteroatoms. The van der Waals surface area contributed by atoms with Crippen LogP contribution in [0.15, 0.2) is 0 Å². The minimum Gasteiger partial charge on any atom is -0.300 e. The van der Waals surface area contributed by atoms with Gasteiger partial charge in [-0.2, -0.15) is 11.8 Å². The predicted octanol–water partition coefficient (Wildman–Crippen LogP) is 5.04. The van der Waals surface area contributed by atoms with Gasteiger partial charge in [-0.25, -0.2) is 0 Å². The number of hydrogen-bond acceptors (Lipinski definition) is 3. The quantitative estimate of drug-likeness (QED) is 0.499. The highest BCUT2D eigenvalue weighted by atomic mass is 32.2. The molecular formula is C16H32O2S. The van der Waals surface area contributed by atoms with E-state index in [1.54, 1.807) is 18.7 Å². The molecule has 0 saturated carbocycles. The number of ketones is 2. The van der Waals surface area contributed by atoms with E-state index < -0.39 is 0 Å². The summed E-state index contributed by atoms with van der Waals surface area (Å²) in [6.07, 6.45) is 12.5. The lowest BCUT2D eigenvalue weighted by Crippen LogP contribution is -1.94. The van der Waals surface area contributed by atoms with Crippen molar-refractivity contribution in [2.75, 3.05) is 12.0 Å². The Morgan fingerprint density at radius 2 is 1.42 bits per heavy atom. The van der Waals surface area contributed by atoms with Crippen LogP contribution < -0.4 is 0 Å². The fourth-order valence-electron chi connectivity index (χ4n) is 1.66. The van der Waals surface area contributed by atoms with E-state index in [0.29, 0.717) is 11.5 Å². The van der Waals surface area contributed by atoms with Gasteiger partial charge in [0, 0.05) is 12.8 Å². The number of thioether (sulfide) groups is 1. The van der Waals surface area contributed by atoms with Crippen LogP contribution >= 0.6 is 11.8 Å². The molecule has 0 fully saturated rings. The van der Waals surface area contributed by atoms with Gasteiger partial charge in [-0.1, -0.05) is 52.4 Å². The first-order valence-electron chi connectivity index (χ1n) is 7.58. The van der Waals surface area contributed by atoms with Gasteiger partial charge in [-0.15, -0.1) is 0 Å². The average molecular weight is 288 g/mol. The smallest absolute Gasteiger partial charge is 0.139 e. The summed E-state index contributed by atoms with van der Waals surface area (Å²) < 4.78 is 0. The van der Waals surface area contributed by atoms with Gasteiger partial charge in [0.1, 0.15) is 11.6 Å². The van der Waals surface area contributed by atoms with Crippen LogP contribution in [0.1, 0.15) is 78.6 Å². The van der Waals surface area contributed by atoms with Crippen LogP contribution in [0.5, 0.6) is 0 Å². The number of Topliss-reactive ketones (excluding diaryl/α,β-unsaturated/α-hetero) is 2. The van der Waals surface area contributed by atoms with Gasteiger partial charge >= 0.3 is 0 Å².